The summed E-state index contributed by atoms with van der Waals surface area (Å²) >= 11 is 0. The van der Waals surface area contributed by atoms with E-state index in [9.17, 15) is 23.8 Å². The molecule has 1 aromatic rings. The van der Waals surface area contributed by atoms with Crippen molar-refractivity contribution in [3.05, 3.63) is 35.9 Å². The van der Waals surface area contributed by atoms with Crippen LogP contribution in [0.25, 0.3) is 0 Å². The lowest BCUT2D eigenvalue weighted by molar-refractivity contribution is -0.349. The zero-order valence-electron chi connectivity index (χ0n) is 40.8. The van der Waals surface area contributed by atoms with Crippen molar-refractivity contribution in [2.45, 2.75) is 121 Å². The Hall–Kier alpha value is -3.69. The maximum Gasteiger partial charge on any atom is 0.366 e. The first-order chi connectivity index (χ1) is 32.9. The Morgan fingerprint density at radius 3 is 1.94 bits per heavy atom. The highest BCUT2D eigenvalue weighted by Gasteiger charge is 2.47. The molecule has 14 nitrogen and oxygen atoms in total. The van der Waals surface area contributed by atoms with Gasteiger partial charge in [0.1, 0.15) is 18.2 Å². The number of fused-ring (bicyclic) bond motifs is 2. The summed E-state index contributed by atoms with van der Waals surface area (Å²) < 4.78 is 51.7. The molecule has 1 aliphatic carbocycles. The first kappa shape index (κ1) is 52.1. The number of benzene rings is 1. The number of carbonyl (C=O) groups excluding carboxylic acids is 2. The second-order valence-corrected chi connectivity index (χ2v) is 20.4. The van der Waals surface area contributed by atoms with Crippen LogP contribution in [0.4, 0.5) is 8.78 Å². The van der Waals surface area contributed by atoms with Crippen LogP contribution in [0.1, 0.15) is 108 Å². The fourth-order valence-electron chi connectivity index (χ4n) is 11.6. The number of halogens is 2. The topological polar surface area (TPSA) is 148 Å². The number of carbonyl (C=O) groups is 2. The third kappa shape index (κ3) is 14.7. The summed E-state index contributed by atoms with van der Waals surface area (Å²) in [5.74, 6) is 0.490. The number of likely N-dealkylation sites (tertiary alicyclic amines) is 3. The molecule has 0 radical (unpaired) electrons. The molecular weight excluding hydrogens is 871 g/mol. The molecule has 5 saturated heterocycles. The van der Waals surface area contributed by atoms with E-state index in [4.69, 9.17) is 30.8 Å². The summed E-state index contributed by atoms with van der Waals surface area (Å²) in [5, 5.41) is 19.1. The summed E-state index contributed by atoms with van der Waals surface area (Å²) in [6, 6.07) is 10.4. The van der Waals surface area contributed by atoms with Crippen molar-refractivity contribution in [1.29, 1.82) is 5.41 Å². The van der Waals surface area contributed by atoms with Crippen LogP contribution in [0, 0.1) is 35.0 Å². The lowest BCUT2D eigenvalue weighted by Gasteiger charge is -2.47. The van der Waals surface area contributed by atoms with Gasteiger partial charge in [0.25, 0.3) is 0 Å². The van der Waals surface area contributed by atoms with Gasteiger partial charge in [0.15, 0.2) is 0 Å². The van der Waals surface area contributed by atoms with Crippen molar-refractivity contribution in [2.75, 3.05) is 112 Å². The molecule has 1 saturated carbocycles. The Balaban J connectivity index is 0.775. The molecule has 5 aliphatic heterocycles. The van der Waals surface area contributed by atoms with Crippen LogP contribution in [0.5, 0.6) is 0 Å². The van der Waals surface area contributed by atoms with Gasteiger partial charge in [-0.1, -0.05) is 36.3 Å². The zero-order chi connectivity index (χ0) is 47.9. The third-order valence-corrected chi connectivity index (χ3v) is 15.9. The first-order valence-corrected chi connectivity index (χ1v) is 25.7. The fraction of sp³-hybridized carbons (Fsp3) is 0.750. The van der Waals surface area contributed by atoms with Crippen LogP contribution in [0.3, 0.4) is 0 Å². The van der Waals surface area contributed by atoms with Gasteiger partial charge >= 0.3 is 11.7 Å². The summed E-state index contributed by atoms with van der Waals surface area (Å²) in [6.07, 6.45) is 15.0. The average molecular weight is 951 g/mol. The second-order valence-electron chi connectivity index (χ2n) is 20.4. The number of piperidine rings is 3. The number of terminal acetylenes is 1. The molecule has 2 bridgehead atoms. The van der Waals surface area contributed by atoms with Gasteiger partial charge in [-0.05, 0) is 100 Å². The number of nitrogens with one attached hydrogen (secondary N) is 2. The Kier molecular flexibility index (Phi) is 19.5. The highest BCUT2D eigenvalue weighted by atomic mass is 19.3. The highest BCUT2D eigenvalue weighted by molar-refractivity contribution is 5.96. The molecule has 0 aromatic heterocycles. The van der Waals surface area contributed by atoms with E-state index in [1.807, 2.05) is 46.7 Å². The van der Waals surface area contributed by atoms with E-state index in [0.717, 1.165) is 83.5 Å². The molecule has 4 N–H and O–H groups in total. The summed E-state index contributed by atoms with van der Waals surface area (Å²) in [7, 11) is 0. The number of hydrogen-bond donors (Lipinski definition) is 3. The average Bonchev–Trinajstić information content (AvgIpc) is 3.55. The molecule has 1 spiro atoms. The number of amidine groups is 2. The molecule has 7 rings (SSSR count). The minimum absolute atomic E-state index is 0.0417. The maximum atomic E-state index is 13.9. The molecule has 6 fully saturated rings. The van der Waals surface area contributed by atoms with Crippen LogP contribution in [-0.2, 0) is 28.5 Å². The van der Waals surface area contributed by atoms with Crippen LogP contribution in [0.15, 0.2) is 30.3 Å². The van der Waals surface area contributed by atoms with Gasteiger partial charge in [-0.25, -0.2) is 8.78 Å². The largest absolute Gasteiger partial charge is 0.378 e. The zero-order valence-corrected chi connectivity index (χ0v) is 40.8. The molecule has 376 valence electrons. The number of nitrogens with two attached hydrogens (primary N) is 1. The molecule has 16 heteroatoms. The van der Waals surface area contributed by atoms with Gasteiger partial charge in [-0.15, -0.1) is 11.0 Å². The molecule has 2 unspecified atom stereocenters. The number of rotatable bonds is 23. The first-order valence-electron chi connectivity index (χ1n) is 25.7. The van der Waals surface area contributed by atoms with E-state index in [-0.39, 0.29) is 55.4 Å². The molecular formula is C52H80F2N8O6+2. The third-order valence-electron chi connectivity index (χ3n) is 15.9. The van der Waals surface area contributed by atoms with Crippen LogP contribution in [-0.4, -0.2) is 183 Å². The molecule has 1 aromatic carbocycles. The number of alkyl halides is 2. The van der Waals surface area contributed by atoms with Gasteiger partial charge in [0.2, 0.25) is 17.7 Å². The minimum atomic E-state index is -2.67. The normalized spacial score (nSPS) is 23.8. The summed E-state index contributed by atoms with van der Waals surface area (Å²) in [5.41, 5.74) is 2.63. The number of amides is 2. The number of hydrogen-bond acceptors (Lipinski definition) is 10. The Morgan fingerprint density at radius 1 is 0.809 bits per heavy atom. The van der Waals surface area contributed by atoms with Crippen molar-refractivity contribution < 1.29 is 47.3 Å². The fourth-order valence-corrected chi connectivity index (χ4v) is 11.6. The molecule has 6 aliphatic rings. The van der Waals surface area contributed by atoms with E-state index < -0.39 is 5.92 Å². The predicted octanol–water partition coefficient (Wildman–Crippen LogP) is 4.02. The van der Waals surface area contributed by atoms with Crippen LogP contribution < -0.4 is 10.7 Å². The summed E-state index contributed by atoms with van der Waals surface area (Å²) in [6.45, 7) is 14.1. The lowest BCUT2D eigenvalue weighted by Crippen LogP contribution is -2.59. The standard InChI is InChI=1S/C52H78F2N8O6/c1-3-28-65-30-32-67-34-35-68-33-31-66-29-27-59-25-19-51(20-26-59)17-23-58(24-18-51)21-14-48(63)60-38-43(39-60)49(56)62(40(2)55)46-36-44-9-10-45(37-46)61(44)22-13-47(41-7-5-4-6-8-41)57-50(64)42-11-15-52(53,54)16-12-42/h1,4-8,42-45,47,55-56H,9-39H2,2H3/p+2/t44?,45?,47-/m0/s1. The molecule has 68 heavy (non-hydrogen) atoms. The SMILES string of the molecule is C#CCOCCOCCOCCOCCN1CCC2(CC1)CCN(CCC(=O)N1CC(C(=N)[N+](C(C)=[NH2+])=C3CC4CCC(C3)N4CC[C@H](NC(=O)C3CCC(F)(F)CC3)c3ccccc3)C1)CC2. The van der Waals surface area contributed by atoms with E-state index in [1.54, 1.807) is 0 Å². The Bertz CT molecular complexity index is 1860. The van der Waals surface area contributed by atoms with Crippen molar-refractivity contribution in [2.24, 2.45) is 17.3 Å². The smallest absolute Gasteiger partial charge is 0.366 e. The van der Waals surface area contributed by atoms with E-state index in [0.29, 0.717) is 102 Å². The summed E-state index contributed by atoms with van der Waals surface area (Å²) in [4.78, 5) is 36.2. The monoisotopic (exact) mass is 951 g/mol. The molecule has 5 heterocycles. The van der Waals surface area contributed by atoms with Crippen molar-refractivity contribution in [3.8, 4) is 12.3 Å². The minimum Gasteiger partial charge on any atom is -0.378 e. The quantitative estimate of drug-likeness (QED) is 0.0487. The molecule has 3 atom stereocenters. The van der Waals surface area contributed by atoms with E-state index >= 15 is 0 Å². The lowest BCUT2D eigenvalue weighted by atomic mass is 9.71. The predicted molar refractivity (Wildman–Crippen MR) is 258 cm³/mol. The van der Waals surface area contributed by atoms with Crippen LogP contribution >= 0.6 is 0 Å². The van der Waals surface area contributed by atoms with Gasteiger partial charge < -0.3 is 39.0 Å². The van der Waals surface area contributed by atoms with Crippen molar-refractivity contribution in [3.63, 3.8) is 0 Å². The van der Waals surface area contributed by atoms with Crippen LogP contribution in [0.2, 0.25) is 0 Å². The second kappa shape index (κ2) is 25.4. The van der Waals surface area contributed by atoms with Gasteiger partial charge in [-0.2, -0.15) is 0 Å². The van der Waals surface area contributed by atoms with E-state index in [2.05, 4.69) is 25.9 Å². The van der Waals surface area contributed by atoms with Crippen molar-refractivity contribution in [1.82, 2.24) is 24.9 Å². The number of nitrogens with zero attached hydrogens (tertiary/aromatic N) is 5. The van der Waals surface area contributed by atoms with Crippen molar-refractivity contribution >= 4 is 29.2 Å². The van der Waals surface area contributed by atoms with E-state index in [1.165, 1.54) is 31.4 Å². The maximum absolute atomic E-state index is 13.9. The molecule has 2 amide bonds. The Labute approximate surface area is 403 Å². The van der Waals surface area contributed by atoms with Gasteiger partial charge in [-0.3, -0.25) is 19.9 Å². The van der Waals surface area contributed by atoms with Gasteiger partial charge in [0, 0.05) is 82.8 Å². The highest BCUT2D eigenvalue weighted by Crippen LogP contribution is 2.42. The number of ether oxygens (including phenoxy) is 4. The van der Waals surface area contributed by atoms with Gasteiger partial charge in [0.05, 0.1) is 59.2 Å². The Morgan fingerprint density at radius 2 is 1.37 bits per heavy atom.